The fourth-order valence-electron chi connectivity index (χ4n) is 5.73. The molecule has 0 heterocycles. The monoisotopic (exact) mass is 396 g/mol. The first-order valence-corrected chi connectivity index (χ1v) is 9.58. The summed E-state index contributed by atoms with van der Waals surface area (Å²) in [4.78, 5) is 24.5. The minimum atomic E-state index is -4.55. The van der Waals surface area contributed by atoms with E-state index in [0.29, 0.717) is 23.8 Å². The summed E-state index contributed by atoms with van der Waals surface area (Å²) in [6.07, 6.45) is 2.12. The van der Waals surface area contributed by atoms with E-state index in [0.717, 1.165) is 31.4 Å². The van der Waals surface area contributed by atoms with Crippen LogP contribution in [0.4, 0.5) is 18.9 Å². The van der Waals surface area contributed by atoms with Crippen LogP contribution in [0.25, 0.3) is 0 Å². The van der Waals surface area contributed by atoms with E-state index in [2.05, 4.69) is 5.32 Å². The molecule has 4 fully saturated rings. The Bertz CT molecular complexity index is 771. The zero-order chi connectivity index (χ0) is 20.1. The minimum absolute atomic E-state index is 0.185. The quantitative estimate of drug-likeness (QED) is 0.603. The first-order chi connectivity index (χ1) is 13.1. The molecule has 152 valence electrons. The summed E-state index contributed by atoms with van der Waals surface area (Å²) in [5.74, 6) is 0.718. The Morgan fingerprint density at radius 1 is 1.11 bits per heavy atom. The predicted octanol–water partition coefficient (Wildman–Crippen LogP) is 3.53. The first kappa shape index (κ1) is 19.1. The van der Waals surface area contributed by atoms with Gasteiger partial charge in [-0.25, -0.2) is 4.79 Å². The maximum absolute atomic E-state index is 12.7. The molecule has 4 saturated carbocycles. The largest absolute Gasteiger partial charge is 0.452 e. The molecule has 0 spiro atoms. The number of rotatable bonds is 4. The molecule has 0 saturated heterocycles. The number of ether oxygens (including phenoxy) is 1. The van der Waals surface area contributed by atoms with Crippen molar-refractivity contribution in [2.45, 2.75) is 50.2 Å². The van der Waals surface area contributed by atoms with Gasteiger partial charge in [0.1, 0.15) is 0 Å². The molecule has 5 rings (SSSR count). The number of nitrogens with two attached hydrogens (primary N) is 1. The van der Waals surface area contributed by atoms with Gasteiger partial charge in [0.2, 0.25) is 0 Å². The fourth-order valence-corrected chi connectivity index (χ4v) is 5.73. The topological polar surface area (TPSA) is 81.4 Å². The molecule has 0 aliphatic heterocycles. The molecule has 4 bridgehead atoms. The Kier molecular flexibility index (Phi) is 4.55. The van der Waals surface area contributed by atoms with Crippen molar-refractivity contribution in [1.29, 1.82) is 0 Å². The number of nitrogen functional groups attached to an aromatic ring is 1. The van der Waals surface area contributed by atoms with Crippen LogP contribution < -0.4 is 11.1 Å². The van der Waals surface area contributed by atoms with E-state index in [1.165, 1.54) is 19.3 Å². The number of halogens is 3. The number of hydrogen-bond acceptors (Lipinski definition) is 4. The van der Waals surface area contributed by atoms with E-state index in [1.807, 2.05) is 0 Å². The molecule has 0 atom stereocenters. The number of carbonyl (C=O) groups excluding carboxylic acids is 2. The van der Waals surface area contributed by atoms with Crippen LogP contribution in [0.1, 0.15) is 54.4 Å². The minimum Gasteiger partial charge on any atom is -0.452 e. The van der Waals surface area contributed by atoms with Crippen LogP contribution in [0.3, 0.4) is 0 Å². The Hall–Kier alpha value is -2.25. The number of carbonyl (C=O) groups is 2. The Morgan fingerprint density at radius 2 is 1.68 bits per heavy atom. The Labute approximate surface area is 160 Å². The number of alkyl halides is 3. The molecule has 0 aromatic heterocycles. The molecule has 5 nitrogen and oxygen atoms in total. The molecule has 0 unspecified atom stereocenters. The molecule has 1 amide bonds. The van der Waals surface area contributed by atoms with Crippen molar-refractivity contribution in [1.82, 2.24) is 5.32 Å². The van der Waals surface area contributed by atoms with Crippen molar-refractivity contribution in [2.75, 3.05) is 12.3 Å². The summed E-state index contributed by atoms with van der Waals surface area (Å²) in [5.41, 5.74) is 3.91. The number of nitrogens with one attached hydrogen (secondary N) is 1. The van der Waals surface area contributed by atoms with Crippen LogP contribution in [0, 0.1) is 17.8 Å². The van der Waals surface area contributed by atoms with E-state index in [-0.39, 0.29) is 22.7 Å². The zero-order valence-electron chi connectivity index (χ0n) is 15.3. The maximum Gasteiger partial charge on any atom is 0.416 e. The summed E-state index contributed by atoms with van der Waals surface area (Å²) >= 11 is 0. The molecule has 8 heteroatoms. The van der Waals surface area contributed by atoms with Gasteiger partial charge >= 0.3 is 12.1 Å². The van der Waals surface area contributed by atoms with Gasteiger partial charge in [0.05, 0.1) is 11.1 Å². The van der Waals surface area contributed by atoms with Crippen molar-refractivity contribution in [3.05, 3.63) is 29.3 Å². The van der Waals surface area contributed by atoms with Crippen molar-refractivity contribution >= 4 is 17.6 Å². The molecule has 4 aliphatic carbocycles. The van der Waals surface area contributed by atoms with Gasteiger partial charge in [0, 0.05) is 11.2 Å². The molecule has 0 radical (unpaired) electrons. The van der Waals surface area contributed by atoms with E-state index < -0.39 is 24.3 Å². The van der Waals surface area contributed by atoms with Gasteiger partial charge in [-0.15, -0.1) is 0 Å². The predicted molar refractivity (Wildman–Crippen MR) is 95.2 cm³/mol. The van der Waals surface area contributed by atoms with Crippen molar-refractivity contribution in [3.63, 3.8) is 0 Å². The summed E-state index contributed by atoms with van der Waals surface area (Å²) in [7, 11) is 0. The maximum atomic E-state index is 12.7. The second-order valence-electron chi connectivity index (χ2n) is 8.62. The van der Waals surface area contributed by atoms with E-state index in [9.17, 15) is 22.8 Å². The van der Waals surface area contributed by atoms with Gasteiger partial charge < -0.3 is 15.8 Å². The second-order valence-corrected chi connectivity index (χ2v) is 8.62. The summed E-state index contributed by atoms with van der Waals surface area (Å²) in [6, 6.07) is 2.42. The fraction of sp³-hybridized carbons (Fsp3) is 0.600. The highest BCUT2D eigenvalue weighted by atomic mass is 19.4. The highest BCUT2D eigenvalue weighted by Crippen LogP contribution is 2.55. The molecular formula is C20H23F3N2O3. The highest BCUT2D eigenvalue weighted by Gasteiger charge is 2.51. The third kappa shape index (κ3) is 3.69. The molecule has 1 aromatic carbocycles. The zero-order valence-corrected chi connectivity index (χ0v) is 15.3. The van der Waals surface area contributed by atoms with E-state index in [4.69, 9.17) is 10.5 Å². The van der Waals surface area contributed by atoms with Gasteiger partial charge in [-0.3, -0.25) is 4.79 Å². The number of hydrogen-bond donors (Lipinski definition) is 2. The highest BCUT2D eigenvalue weighted by molar-refractivity contribution is 5.96. The van der Waals surface area contributed by atoms with Crippen molar-refractivity contribution < 1.29 is 27.5 Å². The molecule has 28 heavy (non-hydrogen) atoms. The molecule has 1 aromatic rings. The van der Waals surface area contributed by atoms with Crippen LogP contribution in [0.15, 0.2) is 18.2 Å². The van der Waals surface area contributed by atoms with Gasteiger partial charge in [0.15, 0.2) is 6.61 Å². The number of esters is 1. The third-order valence-corrected chi connectivity index (χ3v) is 6.38. The normalized spacial score (nSPS) is 30.9. The number of benzene rings is 1. The van der Waals surface area contributed by atoms with Crippen molar-refractivity contribution in [3.8, 4) is 0 Å². The van der Waals surface area contributed by atoms with Crippen molar-refractivity contribution in [2.24, 2.45) is 17.8 Å². The molecule has 4 aliphatic rings. The molecule has 3 N–H and O–H groups in total. The second kappa shape index (κ2) is 6.67. The van der Waals surface area contributed by atoms with Gasteiger partial charge in [0.25, 0.3) is 5.91 Å². The number of anilines is 1. The van der Waals surface area contributed by atoms with E-state index >= 15 is 0 Å². The SMILES string of the molecule is Nc1cc(C(F)(F)F)ccc1C(=O)OCC(=O)NC12CC3CC(CC(C3)C1)C2. The average molecular weight is 396 g/mol. The van der Waals surface area contributed by atoms with Crippen LogP contribution in [0.5, 0.6) is 0 Å². The van der Waals surface area contributed by atoms with Crippen LogP contribution >= 0.6 is 0 Å². The Balaban J connectivity index is 1.34. The van der Waals surface area contributed by atoms with Gasteiger partial charge in [-0.1, -0.05) is 0 Å². The summed E-state index contributed by atoms with van der Waals surface area (Å²) in [6.45, 7) is -0.471. The van der Waals surface area contributed by atoms with Crippen LogP contribution in [-0.4, -0.2) is 24.0 Å². The standard InChI is InChI=1S/C20H23F3N2O3/c21-20(22,23)14-1-2-15(16(24)6-14)18(27)28-10-17(26)25-19-7-11-3-12(8-19)5-13(4-11)9-19/h1-2,6,11-13H,3-5,7-10,24H2,(H,25,26). The lowest BCUT2D eigenvalue weighted by Gasteiger charge is -2.56. The summed E-state index contributed by atoms with van der Waals surface area (Å²) in [5, 5.41) is 3.08. The third-order valence-electron chi connectivity index (χ3n) is 6.38. The Morgan fingerprint density at radius 3 is 2.18 bits per heavy atom. The smallest absolute Gasteiger partial charge is 0.416 e. The van der Waals surface area contributed by atoms with Crippen LogP contribution in [-0.2, 0) is 15.7 Å². The van der Waals surface area contributed by atoms with Crippen LogP contribution in [0.2, 0.25) is 0 Å². The number of amides is 1. The van der Waals surface area contributed by atoms with Gasteiger partial charge in [-0.2, -0.15) is 13.2 Å². The molecular weight excluding hydrogens is 373 g/mol. The van der Waals surface area contributed by atoms with E-state index in [1.54, 1.807) is 0 Å². The lowest BCUT2D eigenvalue weighted by atomic mass is 9.53. The first-order valence-electron chi connectivity index (χ1n) is 9.58. The van der Waals surface area contributed by atoms with Gasteiger partial charge in [-0.05, 0) is 74.5 Å². The summed E-state index contributed by atoms with van der Waals surface area (Å²) < 4.78 is 43.1. The lowest BCUT2D eigenvalue weighted by molar-refractivity contribution is -0.137. The average Bonchev–Trinajstić information content (AvgIpc) is 2.57. The lowest BCUT2D eigenvalue weighted by Crippen LogP contribution is -2.60.